The number of carboxylic acids is 1. The van der Waals surface area contributed by atoms with Gasteiger partial charge in [0.05, 0.1) is 18.2 Å². The standard InChI is InChI=1S/C13H17NO4S/c1-3-10(7-18-2)14-13(17)9-6-11(19-8-9)4-5-12(15)16/h4-6,8,10H,3,7H2,1-2H3,(H,14,17)(H,15,16). The summed E-state index contributed by atoms with van der Waals surface area (Å²) in [5, 5.41) is 13.1. The van der Waals surface area contributed by atoms with Gasteiger partial charge in [-0.05, 0) is 18.6 Å². The number of thiophene rings is 1. The summed E-state index contributed by atoms with van der Waals surface area (Å²) < 4.78 is 5.01. The monoisotopic (exact) mass is 283 g/mol. The van der Waals surface area contributed by atoms with Gasteiger partial charge in [-0.25, -0.2) is 4.79 Å². The first kappa shape index (κ1) is 15.4. The summed E-state index contributed by atoms with van der Waals surface area (Å²) in [7, 11) is 1.59. The minimum atomic E-state index is -1.01. The van der Waals surface area contributed by atoms with Crippen molar-refractivity contribution in [3.63, 3.8) is 0 Å². The number of ether oxygens (including phenoxy) is 1. The topological polar surface area (TPSA) is 75.6 Å². The lowest BCUT2D eigenvalue weighted by molar-refractivity contribution is -0.131. The molecular formula is C13H17NO4S. The molecule has 1 atom stereocenters. The molecule has 0 aliphatic heterocycles. The number of carbonyl (C=O) groups excluding carboxylic acids is 1. The van der Waals surface area contributed by atoms with Gasteiger partial charge in [0.15, 0.2) is 0 Å². The van der Waals surface area contributed by atoms with Crippen LogP contribution >= 0.6 is 11.3 Å². The Balaban J connectivity index is 2.65. The van der Waals surface area contributed by atoms with Gasteiger partial charge in [0.1, 0.15) is 0 Å². The largest absolute Gasteiger partial charge is 0.478 e. The molecule has 5 nitrogen and oxygen atoms in total. The number of hydrogen-bond donors (Lipinski definition) is 2. The Bertz CT molecular complexity index is 467. The van der Waals surface area contributed by atoms with Crippen molar-refractivity contribution in [3.05, 3.63) is 28.0 Å². The number of amides is 1. The Morgan fingerprint density at radius 3 is 2.89 bits per heavy atom. The van der Waals surface area contributed by atoms with E-state index in [1.54, 1.807) is 18.6 Å². The molecule has 0 aliphatic carbocycles. The highest BCUT2D eigenvalue weighted by Crippen LogP contribution is 2.16. The van der Waals surface area contributed by atoms with Gasteiger partial charge in [0.2, 0.25) is 0 Å². The smallest absolute Gasteiger partial charge is 0.328 e. The molecule has 0 radical (unpaired) electrons. The molecule has 1 rings (SSSR count). The fraction of sp³-hybridized carbons (Fsp3) is 0.385. The molecule has 0 fully saturated rings. The van der Waals surface area contributed by atoms with E-state index in [0.29, 0.717) is 12.2 Å². The van der Waals surface area contributed by atoms with Crippen molar-refractivity contribution in [1.29, 1.82) is 0 Å². The number of rotatable bonds is 7. The Kier molecular flexibility index (Phi) is 6.24. The van der Waals surface area contributed by atoms with Gasteiger partial charge in [-0.1, -0.05) is 6.92 Å². The predicted octanol–water partition coefficient (Wildman–Crippen LogP) is 2.00. The summed E-state index contributed by atoms with van der Waals surface area (Å²) in [5.74, 6) is -1.18. The molecule has 104 valence electrons. The van der Waals surface area contributed by atoms with Crippen molar-refractivity contribution in [2.75, 3.05) is 13.7 Å². The zero-order valence-corrected chi connectivity index (χ0v) is 11.7. The highest BCUT2D eigenvalue weighted by Gasteiger charge is 2.13. The first-order valence-electron chi connectivity index (χ1n) is 5.86. The van der Waals surface area contributed by atoms with Crippen molar-refractivity contribution in [2.45, 2.75) is 19.4 Å². The number of methoxy groups -OCH3 is 1. The average molecular weight is 283 g/mol. The second-order valence-electron chi connectivity index (χ2n) is 3.94. The van der Waals surface area contributed by atoms with Crippen LogP contribution in [0.3, 0.4) is 0 Å². The SMILES string of the molecule is CCC(COC)NC(=O)c1csc(C=CC(=O)O)c1. The Labute approximate surface area is 115 Å². The van der Waals surface area contributed by atoms with E-state index in [1.807, 2.05) is 6.92 Å². The molecule has 0 bridgehead atoms. The van der Waals surface area contributed by atoms with Crippen LogP contribution in [0.15, 0.2) is 17.5 Å². The number of carbonyl (C=O) groups is 2. The van der Waals surface area contributed by atoms with Crippen molar-refractivity contribution in [3.8, 4) is 0 Å². The molecule has 0 saturated carbocycles. The minimum Gasteiger partial charge on any atom is -0.478 e. The molecule has 1 aromatic rings. The molecule has 1 aromatic heterocycles. The normalized spacial score (nSPS) is 12.5. The van der Waals surface area contributed by atoms with E-state index in [2.05, 4.69) is 5.32 Å². The lowest BCUT2D eigenvalue weighted by Crippen LogP contribution is -2.37. The van der Waals surface area contributed by atoms with Crippen molar-refractivity contribution in [1.82, 2.24) is 5.32 Å². The molecule has 0 aromatic carbocycles. The third-order valence-corrected chi connectivity index (χ3v) is 3.37. The summed E-state index contributed by atoms with van der Waals surface area (Å²) in [5.41, 5.74) is 0.532. The predicted molar refractivity (Wildman–Crippen MR) is 74.4 cm³/mol. The minimum absolute atomic E-state index is 0.0181. The maximum absolute atomic E-state index is 11.9. The van der Waals surface area contributed by atoms with Crippen molar-refractivity contribution in [2.24, 2.45) is 0 Å². The summed E-state index contributed by atoms with van der Waals surface area (Å²) in [6, 6.07) is 1.65. The van der Waals surface area contributed by atoms with Crippen LogP contribution in [-0.2, 0) is 9.53 Å². The van der Waals surface area contributed by atoms with Crippen LogP contribution < -0.4 is 5.32 Å². The number of hydrogen-bond acceptors (Lipinski definition) is 4. The summed E-state index contributed by atoms with van der Waals surface area (Å²) >= 11 is 1.33. The van der Waals surface area contributed by atoms with Gasteiger partial charge in [-0.15, -0.1) is 11.3 Å². The Morgan fingerprint density at radius 1 is 1.58 bits per heavy atom. The van der Waals surface area contributed by atoms with Gasteiger partial charge in [0.25, 0.3) is 5.91 Å². The van der Waals surface area contributed by atoms with Crippen LogP contribution in [0.1, 0.15) is 28.6 Å². The third kappa shape index (κ3) is 5.23. The van der Waals surface area contributed by atoms with Crippen molar-refractivity contribution >= 4 is 29.3 Å². The Morgan fingerprint density at radius 2 is 2.32 bits per heavy atom. The fourth-order valence-electron chi connectivity index (χ4n) is 1.44. The maximum Gasteiger partial charge on any atom is 0.328 e. The van der Waals surface area contributed by atoms with E-state index in [0.717, 1.165) is 17.4 Å². The van der Waals surface area contributed by atoms with Crippen LogP contribution in [0.5, 0.6) is 0 Å². The van der Waals surface area contributed by atoms with Crippen LogP contribution in [0.4, 0.5) is 0 Å². The second kappa shape index (κ2) is 7.70. The third-order valence-electron chi connectivity index (χ3n) is 2.47. The first-order chi connectivity index (χ1) is 9.06. The Hall–Kier alpha value is -1.66. The molecule has 0 aliphatic rings. The summed E-state index contributed by atoms with van der Waals surface area (Å²) in [6.45, 7) is 2.44. The van der Waals surface area contributed by atoms with Crippen LogP contribution in [0.25, 0.3) is 6.08 Å². The molecule has 19 heavy (non-hydrogen) atoms. The van der Waals surface area contributed by atoms with E-state index < -0.39 is 5.97 Å². The van der Waals surface area contributed by atoms with Crippen LogP contribution in [0, 0.1) is 0 Å². The summed E-state index contributed by atoms with van der Waals surface area (Å²) in [6.07, 6.45) is 3.30. The van der Waals surface area contributed by atoms with Crippen molar-refractivity contribution < 1.29 is 19.4 Å². The van der Waals surface area contributed by atoms with Crippen LogP contribution in [0.2, 0.25) is 0 Å². The van der Waals surface area contributed by atoms with Crippen LogP contribution in [-0.4, -0.2) is 36.7 Å². The van der Waals surface area contributed by atoms with Gasteiger partial charge < -0.3 is 15.2 Å². The van der Waals surface area contributed by atoms with Gasteiger partial charge in [0, 0.05) is 23.4 Å². The van der Waals surface area contributed by atoms with E-state index >= 15 is 0 Å². The lowest BCUT2D eigenvalue weighted by atomic mass is 10.2. The van der Waals surface area contributed by atoms with E-state index in [4.69, 9.17) is 9.84 Å². The van der Waals surface area contributed by atoms with E-state index in [1.165, 1.54) is 17.4 Å². The highest BCUT2D eigenvalue weighted by molar-refractivity contribution is 7.11. The lowest BCUT2D eigenvalue weighted by Gasteiger charge is -2.15. The molecule has 6 heteroatoms. The molecular weight excluding hydrogens is 266 g/mol. The number of aliphatic carboxylic acids is 1. The summed E-state index contributed by atoms with van der Waals surface area (Å²) in [4.78, 5) is 23.1. The van der Waals surface area contributed by atoms with Gasteiger partial charge >= 0.3 is 5.97 Å². The molecule has 1 amide bonds. The number of carboxylic acid groups (broad SMARTS) is 1. The zero-order chi connectivity index (χ0) is 14.3. The molecule has 0 spiro atoms. The van der Waals surface area contributed by atoms with E-state index in [-0.39, 0.29) is 11.9 Å². The molecule has 0 saturated heterocycles. The molecule has 2 N–H and O–H groups in total. The molecule has 1 heterocycles. The van der Waals surface area contributed by atoms with E-state index in [9.17, 15) is 9.59 Å². The highest BCUT2D eigenvalue weighted by atomic mass is 32.1. The van der Waals surface area contributed by atoms with Gasteiger partial charge in [-0.2, -0.15) is 0 Å². The fourth-order valence-corrected chi connectivity index (χ4v) is 2.22. The maximum atomic E-state index is 11.9. The number of nitrogens with one attached hydrogen (secondary N) is 1. The first-order valence-corrected chi connectivity index (χ1v) is 6.74. The quantitative estimate of drug-likeness (QED) is 0.750. The zero-order valence-electron chi connectivity index (χ0n) is 10.9. The van der Waals surface area contributed by atoms with Gasteiger partial charge in [-0.3, -0.25) is 4.79 Å². The second-order valence-corrected chi connectivity index (χ2v) is 4.89. The average Bonchev–Trinajstić information content (AvgIpc) is 2.84. The molecule has 1 unspecified atom stereocenters.